The molecule has 0 radical (unpaired) electrons. The zero-order valence-electron chi connectivity index (χ0n) is 11.9. The Morgan fingerprint density at radius 2 is 1.89 bits per heavy atom. The van der Waals surface area contributed by atoms with E-state index in [1.54, 1.807) is 7.11 Å². The van der Waals surface area contributed by atoms with Gasteiger partial charge in [0.1, 0.15) is 11.8 Å². The van der Waals surface area contributed by atoms with Crippen LogP contribution in [0.2, 0.25) is 0 Å². The number of carbonyl (C=O) groups excluding carboxylic acids is 1. The minimum absolute atomic E-state index is 0.0326. The number of rotatable bonds is 3. The van der Waals surface area contributed by atoms with E-state index in [0.717, 1.165) is 48.4 Å². The second-order valence-electron chi connectivity index (χ2n) is 5.19. The first-order valence-corrected chi connectivity index (χ1v) is 6.74. The predicted octanol–water partition coefficient (Wildman–Crippen LogP) is 1.93. The van der Waals surface area contributed by atoms with Crippen LogP contribution >= 0.6 is 0 Å². The number of hydrogen-bond acceptors (Lipinski definition) is 3. The minimum Gasteiger partial charge on any atom is -0.496 e. The van der Waals surface area contributed by atoms with Gasteiger partial charge in [0, 0.05) is 13.1 Å². The van der Waals surface area contributed by atoms with Crippen LogP contribution in [0.25, 0.3) is 0 Å². The third-order valence-corrected chi connectivity index (χ3v) is 3.80. The Balaban J connectivity index is 2.25. The van der Waals surface area contributed by atoms with E-state index in [1.807, 2.05) is 30.9 Å². The van der Waals surface area contributed by atoms with Gasteiger partial charge in [0.05, 0.1) is 7.11 Å². The normalized spacial score (nSPS) is 16.5. The maximum absolute atomic E-state index is 12.3. The number of ether oxygens (including phenoxy) is 1. The molecule has 0 spiro atoms. The van der Waals surface area contributed by atoms with Crippen molar-refractivity contribution in [2.45, 2.75) is 32.7 Å². The molecule has 4 heteroatoms. The van der Waals surface area contributed by atoms with E-state index in [0.29, 0.717) is 0 Å². The van der Waals surface area contributed by atoms with Gasteiger partial charge < -0.3 is 15.4 Å². The summed E-state index contributed by atoms with van der Waals surface area (Å²) in [5.41, 5.74) is 9.06. The number of nitrogens with two attached hydrogens (primary N) is 1. The Morgan fingerprint density at radius 3 is 2.47 bits per heavy atom. The zero-order valence-corrected chi connectivity index (χ0v) is 11.9. The molecule has 104 valence electrons. The molecule has 1 aliphatic heterocycles. The number of amides is 1. The second kappa shape index (κ2) is 5.61. The van der Waals surface area contributed by atoms with Crippen LogP contribution in [0.3, 0.4) is 0 Å². The fourth-order valence-electron chi connectivity index (χ4n) is 2.63. The van der Waals surface area contributed by atoms with E-state index in [2.05, 4.69) is 0 Å². The first-order chi connectivity index (χ1) is 9.04. The van der Waals surface area contributed by atoms with Crippen molar-refractivity contribution in [2.75, 3.05) is 20.2 Å². The van der Waals surface area contributed by atoms with E-state index < -0.39 is 6.04 Å². The van der Waals surface area contributed by atoms with E-state index in [9.17, 15) is 4.79 Å². The molecule has 19 heavy (non-hydrogen) atoms. The molecular weight excluding hydrogens is 240 g/mol. The molecule has 0 saturated carbocycles. The Hall–Kier alpha value is -1.55. The molecule has 1 heterocycles. The van der Waals surface area contributed by atoms with Crippen LogP contribution in [0.15, 0.2) is 12.1 Å². The topological polar surface area (TPSA) is 55.6 Å². The molecule has 1 aromatic rings. The van der Waals surface area contributed by atoms with E-state index in [4.69, 9.17) is 10.5 Å². The summed E-state index contributed by atoms with van der Waals surface area (Å²) in [6, 6.07) is 3.34. The molecule has 1 saturated heterocycles. The number of hydrogen-bond donors (Lipinski definition) is 1. The Bertz CT molecular complexity index is 479. The van der Waals surface area contributed by atoms with E-state index in [1.165, 1.54) is 0 Å². The van der Waals surface area contributed by atoms with Crippen molar-refractivity contribution in [3.8, 4) is 5.75 Å². The predicted molar refractivity (Wildman–Crippen MR) is 75.2 cm³/mol. The fourth-order valence-corrected chi connectivity index (χ4v) is 2.63. The minimum atomic E-state index is -0.567. The summed E-state index contributed by atoms with van der Waals surface area (Å²) in [4.78, 5) is 14.2. The molecule has 0 bridgehead atoms. The van der Waals surface area contributed by atoms with Crippen LogP contribution in [0, 0.1) is 13.8 Å². The lowest BCUT2D eigenvalue weighted by Crippen LogP contribution is -2.36. The van der Waals surface area contributed by atoms with Gasteiger partial charge in [0.2, 0.25) is 5.91 Å². The van der Waals surface area contributed by atoms with Gasteiger partial charge in [0.25, 0.3) is 0 Å². The molecule has 2 rings (SSSR count). The van der Waals surface area contributed by atoms with Gasteiger partial charge >= 0.3 is 0 Å². The van der Waals surface area contributed by atoms with Crippen molar-refractivity contribution < 1.29 is 9.53 Å². The molecule has 1 aromatic carbocycles. The molecule has 1 aliphatic rings. The fraction of sp³-hybridized carbons (Fsp3) is 0.533. The van der Waals surface area contributed by atoms with Crippen LogP contribution in [-0.2, 0) is 4.79 Å². The van der Waals surface area contributed by atoms with Gasteiger partial charge in [-0.3, -0.25) is 4.79 Å². The van der Waals surface area contributed by atoms with Gasteiger partial charge in [-0.2, -0.15) is 0 Å². The molecule has 1 amide bonds. The lowest BCUT2D eigenvalue weighted by molar-refractivity contribution is -0.131. The lowest BCUT2D eigenvalue weighted by Gasteiger charge is -2.22. The van der Waals surface area contributed by atoms with Gasteiger partial charge in [0.15, 0.2) is 0 Å². The third-order valence-electron chi connectivity index (χ3n) is 3.80. The lowest BCUT2D eigenvalue weighted by atomic mass is 9.98. The van der Waals surface area contributed by atoms with Crippen LogP contribution in [-0.4, -0.2) is 31.0 Å². The van der Waals surface area contributed by atoms with Crippen molar-refractivity contribution in [1.82, 2.24) is 4.90 Å². The summed E-state index contributed by atoms with van der Waals surface area (Å²) in [6.07, 6.45) is 2.16. The molecule has 1 atom stereocenters. The van der Waals surface area contributed by atoms with Gasteiger partial charge in [-0.15, -0.1) is 0 Å². The number of aryl methyl sites for hydroxylation is 2. The largest absolute Gasteiger partial charge is 0.496 e. The van der Waals surface area contributed by atoms with Crippen LogP contribution in [0.5, 0.6) is 5.75 Å². The van der Waals surface area contributed by atoms with Crippen molar-refractivity contribution in [3.05, 3.63) is 28.8 Å². The maximum Gasteiger partial charge on any atom is 0.244 e. The first kappa shape index (κ1) is 13.9. The zero-order chi connectivity index (χ0) is 14.0. The van der Waals surface area contributed by atoms with Gasteiger partial charge in [-0.1, -0.05) is 6.07 Å². The van der Waals surface area contributed by atoms with Crippen molar-refractivity contribution >= 4 is 5.91 Å². The highest BCUT2D eigenvalue weighted by atomic mass is 16.5. The Labute approximate surface area is 114 Å². The molecular formula is C15H22N2O2. The van der Waals surface area contributed by atoms with Crippen LogP contribution < -0.4 is 10.5 Å². The highest BCUT2D eigenvalue weighted by molar-refractivity contribution is 5.83. The summed E-state index contributed by atoms with van der Waals surface area (Å²) in [5.74, 6) is 0.868. The summed E-state index contributed by atoms with van der Waals surface area (Å²) >= 11 is 0. The second-order valence-corrected chi connectivity index (χ2v) is 5.19. The number of methoxy groups -OCH3 is 1. The highest BCUT2D eigenvalue weighted by Gasteiger charge is 2.26. The Kier molecular flexibility index (Phi) is 4.10. The number of benzene rings is 1. The van der Waals surface area contributed by atoms with Crippen molar-refractivity contribution in [3.63, 3.8) is 0 Å². The number of likely N-dealkylation sites (tertiary alicyclic amines) is 1. The molecule has 1 unspecified atom stereocenters. The summed E-state index contributed by atoms with van der Waals surface area (Å²) < 4.78 is 5.28. The maximum atomic E-state index is 12.3. The quantitative estimate of drug-likeness (QED) is 0.905. The van der Waals surface area contributed by atoms with E-state index >= 15 is 0 Å². The molecule has 0 aliphatic carbocycles. The standard InChI is InChI=1S/C15H22N2O2/c1-10-9-13(19-3)11(2)8-12(10)14(16)15(18)17-6-4-5-7-17/h8-9,14H,4-7,16H2,1-3H3. The smallest absolute Gasteiger partial charge is 0.244 e. The third kappa shape index (κ3) is 2.73. The summed E-state index contributed by atoms with van der Waals surface area (Å²) in [5, 5.41) is 0. The van der Waals surface area contributed by atoms with Crippen molar-refractivity contribution in [1.29, 1.82) is 0 Å². The van der Waals surface area contributed by atoms with Gasteiger partial charge in [-0.25, -0.2) is 0 Å². The molecule has 2 N–H and O–H groups in total. The van der Waals surface area contributed by atoms with Crippen LogP contribution in [0.4, 0.5) is 0 Å². The summed E-state index contributed by atoms with van der Waals surface area (Å²) in [6.45, 7) is 5.60. The van der Waals surface area contributed by atoms with Crippen LogP contribution in [0.1, 0.15) is 35.6 Å². The molecule has 4 nitrogen and oxygen atoms in total. The van der Waals surface area contributed by atoms with Gasteiger partial charge in [-0.05, 0) is 49.4 Å². The van der Waals surface area contributed by atoms with Crippen molar-refractivity contribution in [2.24, 2.45) is 5.73 Å². The molecule has 0 aromatic heterocycles. The SMILES string of the molecule is COc1cc(C)c(C(N)C(=O)N2CCCC2)cc1C. The average molecular weight is 262 g/mol. The highest BCUT2D eigenvalue weighted by Crippen LogP contribution is 2.27. The number of carbonyl (C=O) groups is 1. The van der Waals surface area contributed by atoms with E-state index in [-0.39, 0.29) is 5.91 Å². The number of nitrogens with zero attached hydrogens (tertiary/aromatic N) is 1. The first-order valence-electron chi connectivity index (χ1n) is 6.74. The summed E-state index contributed by atoms with van der Waals surface area (Å²) in [7, 11) is 1.65. The monoisotopic (exact) mass is 262 g/mol. The Morgan fingerprint density at radius 1 is 1.26 bits per heavy atom. The average Bonchev–Trinajstić information content (AvgIpc) is 2.93. The molecule has 1 fully saturated rings.